The summed E-state index contributed by atoms with van der Waals surface area (Å²) in [4.78, 5) is 0. The predicted molar refractivity (Wildman–Crippen MR) is 54.3 cm³/mol. The molecule has 3 heteroatoms. The zero-order valence-electron chi connectivity index (χ0n) is 8.78. The third-order valence-corrected chi connectivity index (χ3v) is 1.57. The maximum absolute atomic E-state index is 5.38. The van der Waals surface area contributed by atoms with Gasteiger partial charge in [0.1, 0.15) is 0 Å². The SMILES string of the molecule is CC(C)NC(C)(C)CNCCN. The Hall–Kier alpha value is -0.120. The highest BCUT2D eigenvalue weighted by atomic mass is 15.0. The van der Waals surface area contributed by atoms with Crippen molar-refractivity contribution in [1.29, 1.82) is 0 Å². The number of rotatable bonds is 6. The maximum atomic E-state index is 5.38. The molecule has 0 aromatic rings. The number of hydrogen-bond acceptors (Lipinski definition) is 3. The summed E-state index contributed by atoms with van der Waals surface area (Å²) in [7, 11) is 0. The lowest BCUT2D eigenvalue weighted by molar-refractivity contribution is 0.338. The Morgan fingerprint density at radius 3 is 2.33 bits per heavy atom. The van der Waals surface area contributed by atoms with E-state index in [1.165, 1.54) is 0 Å². The minimum Gasteiger partial charge on any atom is -0.329 e. The first-order chi connectivity index (χ1) is 5.48. The van der Waals surface area contributed by atoms with E-state index in [9.17, 15) is 0 Å². The fourth-order valence-electron chi connectivity index (χ4n) is 1.34. The van der Waals surface area contributed by atoms with Crippen LogP contribution in [0.2, 0.25) is 0 Å². The molecule has 0 aromatic heterocycles. The Morgan fingerprint density at radius 1 is 1.33 bits per heavy atom. The maximum Gasteiger partial charge on any atom is 0.0251 e. The van der Waals surface area contributed by atoms with E-state index < -0.39 is 0 Å². The molecule has 0 fully saturated rings. The second-order valence-corrected chi connectivity index (χ2v) is 4.15. The van der Waals surface area contributed by atoms with Gasteiger partial charge in [-0.2, -0.15) is 0 Å². The van der Waals surface area contributed by atoms with Gasteiger partial charge in [0.25, 0.3) is 0 Å². The molecule has 3 nitrogen and oxygen atoms in total. The summed E-state index contributed by atoms with van der Waals surface area (Å²) < 4.78 is 0. The van der Waals surface area contributed by atoms with Crippen LogP contribution in [-0.4, -0.2) is 31.2 Å². The largest absolute Gasteiger partial charge is 0.329 e. The molecule has 0 amide bonds. The van der Waals surface area contributed by atoms with Crippen LogP contribution in [0, 0.1) is 0 Å². The van der Waals surface area contributed by atoms with E-state index in [-0.39, 0.29) is 5.54 Å². The zero-order chi connectivity index (χ0) is 9.61. The van der Waals surface area contributed by atoms with Gasteiger partial charge in [0.15, 0.2) is 0 Å². The molecule has 74 valence electrons. The summed E-state index contributed by atoms with van der Waals surface area (Å²) in [5, 5.41) is 6.77. The Kier molecular flexibility index (Phi) is 5.46. The smallest absolute Gasteiger partial charge is 0.0251 e. The van der Waals surface area contributed by atoms with Crippen molar-refractivity contribution in [2.45, 2.75) is 39.3 Å². The number of nitrogens with two attached hydrogens (primary N) is 1. The van der Waals surface area contributed by atoms with E-state index >= 15 is 0 Å². The van der Waals surface area contributed by atoms with Crippen molar-refractivity contribution >= 4 is 0 Å². The molecule has 0 unspecified atom stereocenters. The van der Waals surface area contributed by atoms with Crippen LogP contribution >= 0.6 is 0 Å². The van der Waals surface area contributed by atoms with Gasteiger partial charge in [0, 0.05) is 31.2 Å². The van der Waals surface area contributed by atoms with E-state index in [4.69, 9.17) is 5.73 Å². The van der Waals surface area contributed by atoms with Crippen LogP contribution in [0.4, 0.5) is 0 Å². The second-order valence-electron chi connectivity index (χ2n) is 4.15. The van der Waals surface area contributed by atoms with E-state index in [1.54, 1.807) is 0 Å². The summed E-state index contributed by atoms with van der Waals surface area (Å²) in [6.45, 7) is 11.3. The molecule has 0 saturated heterocycles. The van der Waals surface area contributed by atoms with Crippen molar-refractivity contribution in [2.75, 3.05) is 19.6 Å². The highest BCUT2D eigenvalue weighted by Gasteiger charge is 2.16. The van der Waals surface area contributed by atoms with Crippen LogP contribution in [0.5, 0.6) is 0 Å². The van der Waals surface area contributed by atoms with Gasteiger partial charge in [-0.1, -0.05) is 13.8 Å². The summed E-state index contributed by atoms with van der Waals surface area (Å²) in [6.07, 6.45) is 0. The summed E-state index contributed by atoms with van der Waals surface area (Å²) in [6, 6.07) is 0.527. The van der Waals surface area contributed by atoms with Gasteiger partial charge in [-0.15, -0.1) is 0 Å². The quantitative estimate of drug-likeness (QED) is 0.507. The lowest BCUT2D eigenvalue weighted by Crippen LogP contribution is -2.51. The van der Waals surface area contributed by atoms with Crippen molar-refractivity contribution in [2.24, 2.45) is 5.73 Å². The van der Waals surface area contributed by atoms with Crippen molar-refractivity contribution in [3.05, 3.63) is 0 Å². The Morgan fingerprint density at radius 2 is 1.92 bits per heavy atom. The van der Waals surface area contributed by atoms with Gasteiger partial charge < -0.3 is 16.4 Å². The summed E-state index contributed by atoms with van der Waals surface area (Å²) >= 11 is 0. The number of hydrogen-bond donors (Lipinski definition) is 3. The van der Waals surface area contributed by atoms with Gasteiger partial charge in [-0.3, -0.25) is 0 Å². The predicted octanol–water partition coefficient (Wildman–Crippen LogP) is 0.311. The molecule has 0 saturated carbocycles. The van der Waals surface area contributed by atoms with Crippen molar-refractivity contribution in [1.82, 2.24) is 10.6 Å². The van der Waals surface area contributed by atoms with Crippen LogP contribution in [0.25, 0.3) is 0 Å². The fourth-order valence-corrected chi connectivity index (χ4v) is 1.34. The molecule has 0 radical (unpaired) electrons. The minimum absolute atomic E-state index is 0.156. The Bertz CT molecular complexity index is 110. The summed E-state index contributed by atoms with van der Waals surface area (Å²) in [5.74, 6) is 0. The normalized spacial score (nSPS) is 12.5. The molecule has 0 spiro atoms. The average molecular weight is 173 g/mol. The molecule has 0 aromatic carbocycles. The molecule has 0 aliphatic heterocycles. The average Bonchev–Trinajstić information content (AvgIpc) is 1.84. The van der Waals surface area contributed by atoms with E-state index in [0.29, 0.717) is 12.6 Å². The highest BCUT2D eigenvalue weighted by Crippen LogP contribution is 2.01. The van der Waals surface area contributed by atoms with E-state index in [1.807, 2.05) is 0 Å². The van der Waals surface area contributed by atoms with Gasteiger partial charge in [-0.25, -0.2) is 0 Å². The van der Waals surface area contributed by atoms with Gasteiger partial charge >= 0.3 is 0 Å². The van der Waals surface area contributed by atoms with Crippen molar-refractivity contribution in [3.63, 3.8) is 0 Å². The van der Waals surface area contributed by atoms with E-state index in [0.717, 1.165) is 13.1 Å². The molecule has 12 heavy (non-hydrogen) atoms. The van der Waals surface area contributed by atoms with Crippen LogP contribution in [0.3, 0.4) is 0 Å². The molecule has 4 N–H and O–H groups in total. The van der Waals surface area contributed by atoms with E-state index in [2.05, 4.69) is 38.3 Å². The Labute approximate surface area is 76.1 Å². The molecular formula is C9H23N3. The van der Waals surface area contributed by atoms with Gasteiger partial charge in [-0.05, 0) is 13.8 Å². The molecule has 0 bridgehead atoms. The molecule has 0 atom stereocenters. The second kappa shape index (κ2) is 5.51. The Balaban J connectivity index is 3.56. The molecule has 0 rings (SSSR count). The first kappa shape index (κ1) is 11.9. The monoisotopic (exact) mass is 173 g/mol. The number of nitrogens with one attached hydrogen (secondary N) is 2. The first-order valence-electron chi connectivity index (χ1n) is 4.66. The van der Waals surface area contributed by atoms with Gasteiger partial charge in [0.2, 0.25) is 0 Å². The third kappa shape index (κ3) is 6.58. The van der Waals surface area contributed by atoms with Crippen LogP contribution in [0.15, 0.2) is 0 Å². The highest BCUT2D eigenvalue weighted by molar-refractivity contribution is 4.81. The molecular weight excluding hydrogens is 150 g/mol. The topological polar surface area (TPSA) is 50.1 Å². The first-order valence-corrected chi connectivity index (χ1v) is 4.66. The standard InChI is InChI=1S/C9H23N3/c1-8(2)12-9(3,4)7-11-6-5-10/h8,11-12H,5-7,10H2,1-4H3. The van der Waals surface area contributed by atoms with Crippen LogP contribution in [-0.2, 0) is 0 Å². The fraction of sp³-hybridized carbons (Fsp3) is 1.00. The lowest BCUT2D eigenvalue weighted by atomic mass is 10.0. The van der Waals surface area contributed by atoms with Crippen LogP contribution in [0.1, 0.15) is 27.7 Å². The summed E-state index contributed by atoms with van der Waals surface area (Å²) in [5.41, 5.74) is 5.53. The zero-order valence-corrected chi connectivity index (χ0v) is 8.78. The van der Waals surface area contributed by atoms with Gasteiger partial charge in [0.05, 0.1) is 0 Å². The lowest BCUT2D eigenvalue weighted by Gasteiger charge is -2.29. The molecule has 0 aliphatic rings. The molecule has 0 heterocycles. The van der Waals surface area contributed by atoms with Crippen molar-refractivity contribution in [3.8, 4) is 0 Å². The third-order valence-electron chi connectivity index (χ3n) is 1.57. The molecule has 0 aliphatic carbocycles. The van der Waals surface area contributed by atoms with Crippen LogP contribution < -0.4 is 16.4 Å². The minimum atomic E-state index is 0.156. The van der Waals surface area contributed by atoms with Crippen molar-refractivity contribution < 1.29 is 0 Å².